The number of para-hydroxylation sites is 1. The van der Waals surface area contributed by atoms with E-state index in [0.717, 1.165) is 14.2 Å². The van der Waals surface area contributed by atoms with Crippen LogP contribution in [0.15, 0.2) is 60.7 Å². The molecule has 2 aromatic carbocycles. The highest BCUT2D eigenvalue weighted by Gasteiger charge is 2.33. The van der Waals surface area contributed by atoms with E-state index in [1.54, 1.807) is 30.3 Å². The van der Waals surface area contributed by atoms with Gasteiger partial charge in [0.2, 0.25) is 11.8 Å². The van der Waals surface area contributed by atoms with Crippen molar-refractivity contribution in [2.24, 2.45) is 0 Å². The molecular weight excluding hydrogens is 428 g/mol. The van der Waals surface area contributed by atoms with Crippen molar-refractivity contribution in [1.82, 2.24) is 14.5 Å². The van der Waals surface area contributed by atoms with Crippen molar-refractivity contribution in [3.05, 3.63) is 66.2 Å². The fraction of sp³-hybridized carbons (Fsp3) is 0.391. The van der Waals surface area contributed by atoms with Crippen LogP contribution in [0.4, 0.5) is 5.69 Å². The van der Waals surface area contributed by atoms with Gasteiger partial charge in [-0.25, -0.2) is 4.31 Å². The average molecular weight is 461 g/mol. The quantitative estimate of drug-likeness (QED) is 0.555. The Kier molecular flexibility index (Phi) is 9.22. The van der Waals surface area contributed by atoms with E-state index in [0.29, 0.717) is 25.1 Å². The fourth-order valence-electron chi connectivity index (χ4n) is 3.37. The number of carbonyl (C=O) groups is 2. The lowest BCUT2D eigenvalue weighted by atomic mass is 10.1. The molecule has 32 heavy (non-hydrogen) atoms. The number of hydrogen-bond donors (Lipinski definition) is 1. The van der Waals surface area contributed by atoms with Gasteiger partial charge in [-0.15, -0.1) is 0 Å². The standard InChI is InChI=1S/C23H32N4O4S/c1-5-21(23(29)24-2)26(17-16-19-12-8-6-9-13-19)22(28)18-27(32(30,31)25(3)4)20-14-10-7-11-15-20/h6-15,21H,5,16-18H2,1-4H3,(H,24,29). The summed E-state index contributed by atoms with van der Waals surface area (Å²) in [5, 5.41) is 2.61. The third-order valence-corrected chi connectivity index (χ3v) is 7.00. The van der Waals surface area contributed by atoms with Crippen LogP contribution in [0.5, 0.6) is 0 Å². The van der Waals surface area contributed by atoms with Crippen molar-refractivity contribution in [3.63, 3.8) is 0 Å². The van der Waals surface area contributed by atoms with Gasteiger partial charge >= 0.3 is 10.2 Å². The molecule has 1 N–H and O–H groups in total. The van der Waals surface area contributed by atoms with Gasteiger partial charge in [0.25, 0.3) is 0 Å². The molecule has 0 aliphatic rings. The zero-order chi connectivity index (χ0) is 23.7. The van der Waals surface area contributed by atoms with Gasteiger partial charge in [0.1, 0.15) is 12.6 Å². The molecule has 1 atom stereocenters. The van der Waals surface area contributed by atoms with E-state index < -0.39 is 28.7 Å². The van der Waals surface area contributed by atoms with Crippen molar-refractivity contribution < 1.29 is 18.0 Å². The smallest absolute Gasteiger partial charge is 0.304 e. The highest BCUT2D eigenvalue weighted by atomic mass is 32.2. The summed E-state index contributed by atoms with van der Waals surface area (Å²) in [6.07, 6.45) is 0.956. The molecule has 1 unspecified atom stereocenters. The van der Waals surface area contributed by atoms with Gasteiger partial charge in [-0.3, -0.25) is 9.59 Å². The molecule has 0 aromatic heterocycles. The first-order valence-corrected chi connectivity index (χ1v) is 11.9. The first-order valence-electron chi connectivity index (χ1n) is 10.5. The van der Waals surface area contributed by atoms with Gasteiger partial charge in [-0.1, -0.05) is 55.5 Å². The normalized spacial score (nSPS) is 12.3. The van der Waals surface area contributed by atoms with Crippen molar-refractivity contribution in [2.75, 3.05) is 38.5 Å². The van der Waals surface area contributed by atoms with Crippen molar-refractivity contribution in [3.8, 4) is 0 Å². The van der Waals surface area contributed by atoms with Gasteiger partial charge in [0.05, 0.1) is 5.69 Å². The Balaban J connectivity index is 2.37. The minimum Gasteiger partial charge on any atom is -0.357 e. The van der Waals surface area contributed by atoms with E-state index in [1.807, 2.05) is 37.3 Å². The maximum absolute atomic E-state index is 13.5. The molecule has 0 aliphatic carbocycles. The minimum absolute atomic E-state index is 0.282. The Morgan fingerprint density at radius 3 is 2.03 bits per heavy atom. The summed E-state index contributed by atoms with van der Waals surface area (Å²) in [4.78, 5) is 27.5. The number of nitrogens with one attached hydrogen (secondary N) is 1. The highest BCUT2D eigenvalue weighted by molar-refractivity contribution is 7.90. The molecule has 8 nitrogen and oxygen atoms in total. The second-order valence-corrected chi connectivity index (χ2v) is 9.56. The molecule has 0 saturated carbocycles. The molecule has 0 bridgehead atoms. The van der Waals surface area contributed by atoms with Crippen molar-refractivity contribution >= 4 is 27.7 Å². The average Bonchev–Trinajstić information content (AvgIpc) is 2.80. The van der Waals surface area contributed by atoms with Crippen molar-refractivity contribution in [1.29, 1.82) is 0 Å². The first kappa shape index (κ1) is 25.4. The van der Waals surface area contributed by atoms with Gasteiger partial charge in [-0.2, -0.15) is 12.7 Å². The summed E-state index contributed by atoms with van der Waals surface area (Å²) in [6, 6.07) is 17.4. The Bertz CT molecular complexity index is 982. The van der Waals surface area contributed by atoms with E-state index in [9.17, 15) is 18.0 Å². The number of amides is 2. The van der Waals surface area contributed by atoms with E-state index >= 15 is 0 Å². The van der Waals surface area contributed by atoms with Crippen LogP contribution >= 0.6 is 0 Å². The van der Waals surface area contributed by atoms with Crippen LogP contribution < -0.4 is 9.62 Å². The van der Waals surface area contributed by atoms with E-state index in [1.165, 1.54) is 26.0 Å². The highest BCUT2D eigenvalue weighted by Crippen LogP contribution is 2.20. The van der Waals surface area contributed by atoms with E-state index in [2.05, 4.69) is 5.32 Å². The maximum Gasteiger partial charge on any atom is 0.304 e. The largest absolute Gasteiger partial charge is 0.357 e. The third kappa shape index (κ3) is 6.30. The van der Waals surface area contributed by atoms with E-state index in [-0.39, 0.29) is 5.91 Å². The van der Waals surface area contributed by atoms with Crippen LogP contribution in [0.25, 0.3) is 0 Å². The summed E-state index contributed by atoms with van der Waals surface area (Å²) >= 11 is 0. The number of nitrogens with zero attached hydrogens (tertiary/aromatic N) is 3. The molecule has 2 rings (SSSR count). The van der Waals surface area contributed by atoms with Gasteiger partial charge in [0, 0.05) is 27.7 Å². The number of carbonyl (C=O) groups excluding carboxylic acids is 2. The Hall–Kier alpha value is -2.91. The van der Waals surface area contributed by atoms with Gasteiger partial charge in [-0.05, 0) is 30.5 Å². The van der Waals surface area contributed by atoms with Crippen LogP contribution in [-0.4, -0.2) is 69.7 Å². The van der Waals surface area contributed by atoms with Gasteiger partial charge in [0.15, 0.2) is 0 Å². The molecule has 0 spiro atoms. The van der Waals surface area contributed by atoms with Crippen molar-refractivity contribution in [2.45, 2.75) is 25.8 Å². The molecule has 174 valence electrons. The molecule has 9 heteroatoms. The van der Waals surface area contributed by atoms with Crippen LogP contribution in [0.3, 0.4) is 0 Å². The Morgan fingerprint density at radius 2 is 1.53 bits per heavy atom. The summed E-state index contributed by atoms with van der Waals surface area (Å²) in [5.41, 5.74) is 1.41. The van der Waals surface area contributed by atoms with E-state index in [4.69, 9.17) is 0 Å². The topological polar surface area (TPSA) is 90.0 Å². The third-order valence-electron chi connectivity index (χ3n) is 5.18. The fourth-order valence-corrected chi connectivity index (χ4v) is 4.43. The second-order valence-electron chi connectivity index (χ2n) is 7.49. The van der Waals surface area contributed by atoms with Crippen LogP contribution in [0.1, 0.15) is 18.9 Å². The molecule has 0 heterocycles. The number of anilines is 1. The number of benzene rings is 2. The maximum atomic E-state index is 13.5. The van der Waals surface area contributed by atoms with Crippen LogP contribution in [0.2, 0.25) is 0 Å². The molecule has 0 fully saturated rings. The summed E-state index contributed by atoms with van der Waals surface area (Å²) < 4.78 is 28.1. The summed E-state index contributed by atoms with van der Waals surface area (Å²) in [5.74, 6) is -0.721. The summed E-state index contributed by atoms with van der Waals surface area (Å²) in [6.45, 7) is 1.71. The number of likely N-dealkylation sites (N-methyl/N-ethyl adjacent to an activating group) is 1. The lowest BCUT2D eigenvalue weighted by molar-refractivity contribution is -0.139. The van der Waals surface area contributed by atoms with Crippen LogP contribution in [-0.2, 0) is 26.2 Å². The zero-order valence-electron chi connectivity index (χ0n) is 19.1. The molecule has 2 aromatic rings. The number of hydrogen-bond acceptors (Lipinski definition) is 4. The number of rotatable bonds is 11. The predicted molar refractivity (Wildman–Crippen MR) is 126 cm³/mol. The molecular formula is C23H32N4O4S. The lowest BCUT2D eigenvalue weighted by Gasteiger charge is -2.33. The molecule has 0 saturated heterocycles. The zero-order valence-corrected chi connectivity index (χ0v) is 19.9. The minimum atomic E-state index is -3.93. The summed E-state index contributed by atoms with van der Waals surface area (Å²) in [7, 11) is 0.436. The molecule has 2 amide bonds. The molecule has 0 aliphatic heterocycles. The Morgan fingerprint density at radius 1 is 0.969 bits per heavy atom. The second kappa shape index (κ2) is 11.6. The molecule has 0 radical (unpaired) electrons. The predicted octanol–water partition coefficient (Wildman–Crippen LogP) is 1.90. The van der Waals surface area contributed by atoms with Crippen LogP contribution in [0, 0.1) is 0 Å². The SMILES string of the molecule is CCC(C(=O)NC)N(CCc1ccccc1)C(=O)CN(c1ccccc1)S(=O)(=O)N(C)C. The van der Waals surface area contributed by atoms with Gasteiger partial charge < -0.3 is 10.2 Å². The lowest BCUT2D eigenvalue weighted by Crippen LogP contribution is -2.53. The first-order chi connectivity index (χ1) is 15.2. The monoisotopic (exact) mass is 460 g/mol. The Labute approximate surface area is 191 Å².